The molecule has 0 radical (unpaired) electrons. The monoisotopic (exact) mass is 211 g/mol. The van der Waals surface area contributed by atoms with Crippen LogP contribution in [0.1, 0.15) is 12.2 Å². The number of imidazole rings is 1. The summed E-state index contributed by atoms with van der Waals surface area (Å²) in [5, 5.41) is 0. The van der Waals surface area contributed by atoms with Gasteiger partial charge in [0.2, 0.25) is 0 Å². The number of nitrogens with one attached hydrogen (secondary N) is 1. The third-order valence-corrected chi connectivity index (χ3v) is 2.20. The Morgan fingerprint density at radius 1 is 1.33 bits per heavy atom. The molecule has 0 bridgehead atoms. The lowest BCUT2D eigenvalue weighted by molar-refractivity contribution is 0.142. The van der Waals surface area contributed by atoms with E-state index in [1.54, 1.807) is 6.07 Å². The van der Waals surface area contributed by atoms with Gasteiger partial charge in [0.05, 0.1) is 11.2 Å². The summed E-state index contributed by atoms with van der Waals surface area (Å²) < 4.78 is 24.9. The summed E-state index contributed by atoms with van der Waals surface area (Å²) in [6.07, 6.45) is -2.56. The molecule has 15 heavy (non-hydrogen) atoms. The highest BCUT2D eigenvalue weighted by Gasteiger charge is 2.14. The minimum Gasteiger partial charge on any atom is -0.376 e. The molecular formula is C10H11F2N3. The van der Waals surface area contributed by atoms with Crippen molar-refractivity contribution in [3.05, 3.63) is 24.0 Å². The summed E-state index contributed by atoms with van der Waals surface area (Å²) in [7, 11) is 3.71. The second-order valence-electron chi connectivity index (χ2n) is 3.49. The number of hydrogen-bond acceptors (Lipinski definition) is 2. The Balaban J connectivity index is 2.64. The maximum absolute atomic E-state index is 12.4. The van der Waals surface area contributed by atoms with Crippen molar-refractivity contribution in [3.63, 3.8) is 0 Å². The molecular weight excluding hydrogens is 200 g/mol. The zero-order valence-electron chi connectivity index (χ0n) is 8.46. The Morgan fingerprint density at radius 3 is 2.67 bits per heavy atom. The molecule has 0 amide bonds. The van der Waals surface area contributed by atoms with Crippen molar-refractivity contribution < 1.29 is 8.78 Å². The van der Waals surface area contributed by atoms with Crippen LogP contribution < -0.4 is 4.90 Å². The topological polar surface area (TPSA) is 31.9 Å². The summed E-state index contributed by atoms with van der Waals surface area (Å²) in [5.41, 5.74) is 2.05. The molecule has 2 aromatic rings. The third kappa shape index (κ3) is 1.65. The molecule has 3 nitrogen and oxygen atoms in total. The van der Waals surface area contributed by atoms with Gasteiger partial charge in [0.25, 0.3) is 6.43 Å². The third-order valence-electron chi connectivity index (χ3n) is 2.20. The quantitative estimate of drug-likeness (QED) is 0.827. The fourth-order valence-electron chi connectivity index (χ4n) is 1.50. The van der Waals surface area contributed by atoms with Gasteiger partial charge in [-0.2, -0.15) is 0 Å². The van der Waals surface area contributed by atoms with Crippen molar-refractivity contribution in [1.29, 1.82) is 0 Å². The number of para-hydroxylation sites is 1. The average Bonchev–Trinajstić information content (AvgIpc) is 2.60. The lowest BCUT2D eigenvalue weighted by atomic mass is 10.2. The lowest BCUT2D eigenvalue weighted by Gasteiger charge is -2.11. The summed E-state index contributed by atoms with van der Waals surface area (Å²) in [6, 6.07) is 5.39. The van der Waals surface area contributed by atoms with Crippen LogP contribution >= 0.6 is 0 Å². The molecule has 0 aliphatic heterocycles. The zero-order chi connectivity index (χ0) is 11.0. The Kier molecular flexibility index (Phi) is 2.30. The number of rotatable bonds is 2. The van der Waals surface area contributed by atoms with Gasteiger partial charge in [-0.1, -0.05) is 6.07 Å². The molecule has 0 atom stereocenters. The maximum atomic E-state index is 12.4. The number of alkyl halides is 2. The van der Waals surface area contributed by atoms with Crippen molar-refractivity contribution in [2.45, 2.75) is 6.43 Å². The number of fused-ring (bicyclic) bond motifs is 1. The van der Waals surface area contributed by atoms with Crippen LogP contribution in [-0.2, 0) is 0 Å². The van der Waals surface area contributed by atoms with Crippen molar-refractivity contribution >= 4 is 16.7 Å². The number of halogens is 2. The highest BCUT2D eigenvalue weighted by atomic mass is 19.3. The van der Waals surface area contributed by atoms with E-state index in [2.05, 4.69) is 9.97 Å². The van der Waals surface area contributed by atoms with Gasteiger partial charge >= 0.3 is 0 Å². The minimum atomic E-state index is -2.56. The van der Waals surface area contributed by atoms with Gasteiger partial charge in [-0.05, 0) is 12.1 Å². The SMILES string of the molecule is CN(C)c1cccc2[nH]c(C(F)F)nc12. The van der Waals surface area contributed by atoms with Crippen molar-refractivity contribution in [2.24, 2.45) is 0 Å². The summed E-state index contributed by atoms with van der Waals surface area (Å²) in [6.45, 7) is 0. The van der Waals surface area contributed by atoms with Gasteiger partial charge < -0.3 is 9.88 Å². The normalized spacial score (nSPS) is 11.3. The van der Waals surface area contributed by atoms with Crippen LogP contribution in [0.15, 0.2) is 18.2 Å². The average molecular weight is 211 g/mol. The minimum absolute atomic E-state index is 0.278. The molecule has 0 aliphatic carbocycles. The lowest BCUT2D eigenvalue weighted by Crippen LogP contribution is -2.08. The van der Waals surface area contributed by atoms with Crippen LogP contribution in [0.2, 0.25) is 0 Å². The van der Waals surface area contributed by atoms with Gasteiger partial charge in [-0.15, -0.1) is 0 Å². The molecule has 0 saturated carbocycles. The molecule has 2 rings (SSSR count). The van der Waals surface area contributed by atoms with E-state index in [0.29, 0.717) is 11.0 Å². The largest absolute Gasteiger partial charge is 0.376 e. The van der Waals surface area contributed by atoms with Crippen molar-refractivity contribution in [2.75, 3.05) is 19.0 Å². The number of benzene rings is 1. The van der Waals surface area contributed by atoms with Gasteiger partial charge in [0.15, 0.2) is 5.82 Å². The van der Waals surface area contributed by atoms with E-state index in [9.17, 15) is 8.78 Å². The van der Waals surface area contributed by atoms with Gasteiger partial charge in [-0.25, -0.2) is 13.8 Å². The first-order valence-corrected chi connectivity index (χ1v) is 4.53. The Morgan fingerprint density at radius 2 is 2.07 bits per heavy atom. The number of aromatic nitrogens is 2. The molecule has 1 heterocycles. The van der Waals surface area contributed by atoms with E-state index in [0.717, 1.165) is 5.69 Å². The predicted molar refractivity (Wildman–Crippen MR) is 55.4 cm³/mol. The van der Waals surface area contributed by atoms with E-state index in [1.165, 1.54) is 0 Å². The molecule has 1 N–H and O–H groups in total. The smallest absolute Gasteiger partial charge is 0.295 e. The zero-order valence-corrected chi connectivity index (χ0v) is 8.46. The first kappa shape index (κ1) is 9.89. The molecule has 0 spiro atoms. The molecule has 5 heteroatoms. The van der Waals surface area contributed by atoms with Gasteiger partial charge in [0.1, 0.15) is 5.52 Å². The van der Waals surface area contributed by atoms with Crippen LogP contribution in [0, 0.1) is 0 Å². The van der Waals surface area contributed by atoms with Crippen LogP contribution in [0.5, 0.6) is 0 Å². The molecule has 1 aromatic carbocycles. The maximum Gasteiger partial charge on any atom is 0.295 e. The number of H-pyrrole nitrogens is 1. The van der Waals surface area contributed by atoms with Crippen molar-refractivity contribution in [3.8, 4) is 0 Å². The van der Waals surface area contributed by atoms with E-state index >= 15 is 0 Å². The number of anilines is 1. The highest BCUT2D eigenvalue weighted by molar-refractivity contribution is 5.88. The van der Waals surface area contributed by atoms with Crippen LogP contribution in [0.25, 0.3) is 11.0 Å². The van der Waals surface area contributed by atoms with Gasteiger partial charge in [0, 0.05) is 14.1 Å². The second-order valence-corrected chi connectivity index (χ2v) is 3.49. The molecule has 0 saturated heterocycles. The Hall–Kier alpha value is -1.65. The van der Waals surface area contributed by atoms with E-state index < -0.39 is 6.43 Å². The number of nitrogens with zero attached hydrogens (tertiary/aromatic N) is 2. The summed E-state index contributed by atoms with van der Waals surface area (Å²) in [5.74, 6) is -0.278. The Labute approximate surface area is 85.7 Å². The molecule has 0 aliphatic rings. The molecule has 1 aromatic heterocycles. The van der Waals surface area contributed by atoms with Crippen LogP contribution in [0.4, 0.5) is 14.5 Å². The second kappa shape index (κ2) is 3.49. The van der Waals surface area contributed by atoms with E-state index in [4.69, 9.17) is 0 Å². The van der Waals surface area contributed by atoms with E-state index in [-0.39, 0.29) is 5.82 Å². The number of aromatic amines is 1. The number of hydrogen-bond donors (Lipinski definition) is 1. The van der Waals surface area contributed by atoms with Crippen LogP contribution in [0.3, 0.4) is 0 Å². The standard InChI is InChI=1S/C10H11F2N3/c1-15(2)7-5-3-4-6-8(7)14-10(13-6)9(11)12/h3-5,9H,1-2H3,(H,13,14). The first-order chi connectivity index (χ1) is 7.09. The fourth-order valence-corrected chi connectivity index (χ4v) is 1.50. The summed E-state index contributed by atoms with van der Waals surface area (Å²) in [4.78, 5) is 8.33. The van der Waals surface area contributed by atoms with Crippen LogP contribution in [-0.4, -0.2) is 24.1 Å². The summed E-state index contributed by atoms with van der Waals surface area (Å²) >= 11 is 0. The predicted octanol–water partition coefficient (Wildman–Crippen LogP) is 2.57. The van der Waals surface area contributed by atoms with Crippen molar-refractivity contribution in [1.82, 2.24) is 9.97 Å². The molecule has 0 fully saturated rings. The highest BCUT2D eigenvalue weighted by Crippen LogP contribution is 2.26. The fraction of sp³-hybridized carbons (Fsp3) is 0.300. The molecule has 0 unspecified atom stereocenters. The Bertz CT molecular complexity index is 476. The van der Waals surface area contributed by atoms with E-state index in [1.807, 2.05) is 31.1 Å². The first-order valence-electron chi connectivity index (χ1n) is 4.53. The molecule has 80 valence electrons. The van der Waals surface area contributed by atoms with Gasteiger partial charge in [-0.3, -0.25) is 0 Å².